The molecular formula is C20H25NO3. The van der Waals surface area contributed by atoms with Gasteiger partial charge in [-0.2, -0.15) is 0 Å². The van der Waals surface area contributed by atoms with Crippen LogP contribution in [0.2, 0.25) is 0 Å². The van der Waals surface area contributed by atoms with Crippen LogP contribution in [0.15, 0.2) is 47.0 Å². The maximum atomic E-state index is 11.2. The van der Waals surface area contributed by atoms with E-state index in [0.717, 1.165) is 37.1 Å². The lowest BCUT2D eigenvalue weighted by Crippen LogP contribution is -2.14. The van der Waals surface area contributed by atoms with Crippen LogP contribution < -0.4 is 4.74 Å². The molecule has 4 nitrogen and oxygen atoms in total. The molecule has 4 heteroatoms. The summed E-state index contributed by atoms with van der Waals surface area (Å²) in [5.74, 6) is 0.830. The Kier molecular flexibility index (Phi) is 6.79. The van der Waals surface area contributed by atoms with Crippen molar-refractivity contribution < 1.29 is 14.6 Å². The number of carbonyl (C=O) groups excluding carboxylic acids is 1. The zero-order valence-corrected chi connectivity index (χ0v) is 14.4. The van der Waals surface area contributed by atoms with Crippen molar-refractivity contribution in [3.05, 3.63) is 47.6 Å². The normalized spacial score (nSPS) is 18.8. The highest BCUT2D eigenvalue weighted by atomic mass is 16.5. The minimum Gasteiger partial charge on any atom is -0.507 e. The summed E-state index contributed by atoms with van der Waals surface area (Å²) in [7, 11) is 0. The highest BCUT2D eigenvalue weighted by Gasteiger charge is 2.12. The molecule has 0 bridgehead atoms. The van der Waals surface area contributed by atoms with Gasteiger partial charge in [-0.3, -0.25) is 9.79 Å². The average molecular weight is 327 g/mol. The molecule has 1 aliphatic carbocycles. The first-order valence-corrected chi connectivity index (χ1v) is 8.41. The lowest BCUT2D eigenvalue weighted by atomic mass is 10.0. The van der Waals surface area contributed by atoms with Crippen LogP contribution >= 0.6 is 0 Å². The molecule has 0 amide bonds. The van der Waals surface area contributed by atoms with Gasteiger partial charge in [-0.15, -0.1) is 0 Å². The predicted octanol–water partition coefficient (Wildman–Crippen LogP) is 4.35. The molecule has 0 unspecified atom stereocenters. The molecule has 0 aliphatic heterocycles. The van der Waals surface area contributed by atoms with Crippen LogP contribution in [0.25, 0.3) is 0 Å². The van der Waals surface area contributed by atoms with E-state index in [1.54, 1.807) is 12.1 Å². The molecule has 1 N–H and O–H groups in total. The third-order valence-corrected chi connectivity index (χ3v) is 3.78. The van der Waals surface area contributed by atoms with Gasteiger partial charge in [0.15, 0.2) is 6.29 Å². The molecule has 2 rings (SSSR count). The Hall–Kier alpha value is -2.36. The quantitative estimate of drug-likeness (QED) is 0.790. The molecule has 0 spiro atoms. The van der Waals surface area contributed by atoms with E-state index in [-0.39, 0.29) is 11.3 Å². The number of benzene rings is 1. The number of hydrogen-bond acceptors (Lipinski definition) is 4. The molecule has 0 saturated heterocycles. The molecule has 0 saturated carbocycles. The van der Waals surface area contributed by atoms with E-state index in [1.807, 2.05) is 12.2 Å². The summed E-state index contributed by atoms with van der Waals surface area (Å²) in [5, 5.41) is 9.75. The van der Waals surface area contributed by atoms with Gasteiger partial charge in [0.05, 0.1) is 5.56 Å². The van der Waals surface area contributed by atoms with Crippen molar-refractivity contribution in [1.82, 2.24) is 0 Å². The number of aliphatic imine (C=N–C) groups is 1. The van der Waals surface area contributed by atoms with Gasteiger partial charge < -0.3 is 9.84 Å². The second kappa shape index (κ2) is 9.06. The number of phenolic OH excluding ortho intramolecular Hbond substituents is 1. The number of hydrogen-bond donors (Lipinski definition) is 1. The first-order valence-electron chi connectivity index (χ1n) is 8.41. The number of ether oxygens (including phenoxy) is 1. The Morgan fingerprint density at radius 3 is 2.96 bits per heavy atom. The molecule has 0 atom stereocenters. The number of aldehydes is 1. The maximum absolute atomic E-state index is 11.2. The fourth-order valence-electron chi connectivity index (χ4n) is 2.46. The van der Waals surface area contributed by atoms with E-state index in [9.17, 15) is 9.90 Å². The monoisotopic (exact) mass is 327 g/mol. The van der Waals surface area contributed by atoms with Crippen LogP contribution in [-0.4, -0.2) is 30.3 Å². The van der Waals surface area contributed by atoms with E-state index in [0.29, 0.717) is 24.6 Å². The summed E-state index contributed by atoms with van der Waals surface area (Å²) >= 11 is 0. The predicted molar refractivity (Wildman–Crippen MR) is 97.2 cm³/mol. The lowest BCUT2D eigenvalue weighted by molar-refractivity contribution is 0.111. The fraction of sp³-hybridized carbons (Fsp3) is 0.400. The Bertz CT molecular complexity index is 657. The third-order valence-electron chi connectivity index (χ3n) is 3.78. The number of nitrogens with zero attached hydrogens (tertiary/aromatic N) is 1. The molecule has 1 aromatic rings. The van der Waals surface area contributed by atoms with Crippen molar-refractivity contribution in [3.8, 4) is 11.5 Å². The molecule has 24 heavy (non-hydrogen) atoms. The van der Waals surface area contributed by atoms with Gasteiger partial charge in [-0.05, 0) is 37.3 Å². The molecule has 0 aromatic heterocycles. The van der Waals surface area contributed by atoms with Crippen molar-refractivity contribution in [2.24, 2.45) is 10.9 Å². The Labute approximate surface area is 143 Å². The topological polar surface area (TPSA) is 58.9 Å². The Morgan fingerprint density at radius 2 is 2.21 bits per heavy atom. The van der Waals surface area contributed by atoms with Crippen LogP contribution in [0, 0.1) is 5.92 Å². The number of phenols is 1. The van der Waals surface area contributed by atoms with Gasteiger partial charge in [0.25, 0.3) is 0 Å². The van der Waals surface area contributed by atoms with Gasteiger partial charge in [0, 0.05) is 17.8 Å². The van der Waals surface area contributed by atoms with E-state index in [4.69, 9.17) is 9.73 Å². The summed E-state index contributed by atoms with van der Waals surface area (Å²) < 4.78 is 5.81. The van der Waals surface area contributed by atoms with E-state index >= 15 is 0 Å². The molecule has 0 fully saturated rings. The smallest absolute Gasteiger partial charge is 0.157 e. The summed E-state index contributed by atoms with van der Waals surface area (Å²) in [4.78, 5) is 15.9. The second-order valence-corrected chi connectivity index (χ2v) is 6.29. The van der Waals surface area contributed by atoms with Gasteiger partial charge in [0.2, 0.25) is 0 Å². The Morgan fingerprint density at radius 1 is 1.38 bits per heavy atom. The van der Waals surface area contributed by atoms with Crippen molar-refractivity contribution in [2.75, 3.05) is 13.2 Å². The summed E-state index contributed by atoms with van der Waals surface area (Å²) in [6.07, 6.45) is 9.86. The fourth-order valence-corrected chi connectivity index (χ4v) is 2.46. The van der Waals surface area contributed by atoms with E-state index < -0.39 is 0 Å². The second-order valence-electron chi connectivity index (χ2n) is 6.29. The first kappa shape index (κ1) is 18.0. The van der Waals surface area contributed by atoms with Gasteiger partial charge >= 0.3 is 0 Å². The Balaban J connectivity index is 2.19. The summed E-state index contributed by atoms with van der Waals surface area (Å²) in [6, 6.07) is 4.83. The van der Waals surface area contributed by atoms with Crippen molar-refractivity contribution in [1.29, 1.82) is 0 Å². The summed E-state index contributed by atoms with van der Waals surface area (Å²) in [6.45, 7) is 5.42. The number of allylic oxidation sites excluding steroid dienone is 3. The lowest BCUT2D eigenvalue weighted by Gasteiger charge is -2.15. The molecular weight excluding hydrogens is 302 g/mol. The van der Waals surface area contributed by atoms with Crippen molar-refractivity contribution in [3.63, 3.8) is 0 Å². The van der Waals surface area contributed by atoms with E-state index in [2.05, 4.69) is 19.9 Å². The standard InChI is InChI=1S/C20H25NO3/c1-15(2)12-21-18-9-6-4-3-5-8-16(18)14-24-20-11-7-10-19(23)17(20)13-22/h3,5,7-8,10-11,13,15,23H,4,6,9,12,14H2,1-2H3/b5-3?,16-8-,21-18?. The van der Waals surface area contributed by atoms with Crippen LogP contribution in [0.5, 0.6) is 11.5 Å². The first-order chi connectivity index (χ1) is 11.6. The van der Waals surface area contributed by atoms with Crippen LogP contribution in [0.3, 0.4) is 0 Å². The molecule has 0 radical (unpaired) electrons. The van der Waals surface area contributed by atoms with Crippen molar-refractivity contribution >= 4 is 12.0 Å². The van der Waals surface area contributed by atoms with Gasteiger partial charge in [0.1, 0.15) is 18.1 Å². The largest absolute Gasteiger partial charge is 0.507 e. The SMILES string of the molecule is CC(C)CN=C1CCCC=C/C=C\1COc1cccc(O)c1C=O. The van der Waals surface area contributed by atoms with Gasteiger partial charge in [-0.25, -0.2) is 0 Å². The summed E-state index contributed by atoms with van der Waals surface area (Å²) in [5.41, 5.74) is 2.27. The minimum atomic E-state index is -0.0669. The molecule has 0 heterocycles. The van der Waals surface area contributed by atoms with E-state index in [1.165, 1.54) is 6.07 Å². The number of rotatable bonds is 6. The molecule has 1 aliphatic rings. The van der Waals surface area contributed by atoms with Gasteiger partial charge in [-0.1, -0.05) is 38.1 Å². The number of carbonyl (C=O) groups is 1. The zero-order valence-electron chi connectivity index (χ0n) is 14.4. The van der Waals surface area contributed by atoms with Crippen LogP contribution in [0.1, 0.15) is 43.5 Å². The molecule has 128 valence electrons. The third kappa shape index (κ3) is 5.08. The van der Waals surface area contributed by atoms with Crippen molar-refractivity contribution in [2.45, 2.75) is 33.1 Å². The molecule has 1 aromatic carbocycles. The highest BCUT2D eigenvalue weighted by Crippen LogP contribution is 2.26. The minimum absolute atomic E-state index is 0.0669. The highest BCUT2D eigenvalue weighted by molar-refractivity contribution is 6.00. The van der Waals surface area contributed by atoms with Crippen LogP contribution in [0.4, 0.5) is 0 Å². The van der Waals surface area contributed by atoms with Crippen LogP contribution in [-0.2, 0) is 0 Å². The number of aromatic hydroxyl groups is 1. The zero-order chi connectivity index (χ0) is 17.4. The maximum Gasteiger partial charge on any atom is 0.157 e. The average Bonchev–Trinajstić information content (AvgIpc) is 2.53.